The van der Waals surface area contributed by atoms with Crippen LogP contribution < -0.4 is 5.32 Å². The molecule has 0 amide bonds. The molecule has 0 aromatic carbocycles. The summed E-state index contributed by atoms with van der Waals surface area (Å²) in [5, 5.41) is 3.40. The van der Waals surface area contributed by atoms with E-state index in [0.29, 0.717) is 6.04 Å². The van der Waals surface area contributed by atoms with Crippen molar-refractivity contribution < 1.29 is 4.42 Å². The highest BCUT2D eigenvalue weighted by molar-refractivity contribution is 5.85. The molecule has 0 aliphatic carbocycles. The predicted molar refractivity (Wildman–Crippen MR) is 68.0 cm³/mol. The molecule has 1 aliphatic rings. The lowest BCUT2D eigenvalue weighted by atomic mass is 10.1. The number of nitrogens with one attached hydrogen (secondary N) is 1. The Labute approximate surface area is 104 Å². The summed E-state index contributed by atoms with van der Waals surface area (Å²) in [5.41, 5.74) is 0. The van der Waals surface area contributed by atoms with Crippen LogP contribution >= 0.6 is 12.4 Å². The molecular weight excluding hydrogens is 224 g/mol. The summed E-state index contributed by atoms with van der Waals surface area (Å²) >= 11 is 0. The van der Waals surface area contributed by atoms with Gasteiger partial charge in [0.2, 0.25) is 0 Å². The molecule has 0 saturated carbocycles. The summed E-state index contributed by atoms with van der Waals surface area (Å²) in [7, 11) is 2.17. The zero-order valence-corrected chi connectivity index (χ0v) is 10.8. The lowest BCUT2D eigenvalue weighted by Gasteiger charge is -2.25. The van der Waals surface area contributed by atoms with Crippen LogP contribution in [0.4, 0.5) is 0 Å². The summed E-state index contributed by atoms with van der Waals surface area (Å²) in [4.78, 5) is 2.37. The van der Waals surface area contributed by atoms with Crippen molar-refractivity contribution in [1.82, 2.24) is 10.2 Å². The predicted octanol–water partition coefficient (Wildman–Crippen LogP) is 2.30. The van der Waals surface area contributed by atoms with E-state index in [1.165, 1.54) is 13.0 Å². The Kier molecular flexibility index (Phi) is 5.32. The maximum absolute atomic E-state index is 5.42. The fourth-order valence-electron chi connectivity index (χ4n) is 2.18. The topological polar surface area (TPSA) is 28.4 Å². The highest BCUT2D eigenvalue weighted by Gasteiger charge is 2.20. The van der Waals surface area contributed by atoms with Gasteiger partial charge in [0.05, 0.1) is 12.3 Å². The monoisotopic (exact) mass is 244 g/mol. The minimum Gasteiger partial charge on any atom is -0.468 e. The van der Waals surface area contributed by atoms with E-state index in [-0.39, 0.29) is 12.4 Å². The van der Waals surface area contributed by atoms with Gasteiger partial charge in [-0.3, -0.25) is 4.90 Å². The molecule has 1 aliphatic heterocycles. The highest BCUT2D eigenvalue weighted by atomic mass is 35.5. The normalized spacial score (nSPS) is 22.1. The van der Waals surface area contributed by atoms with Gasteiger partial charge < -0.3 is 9.73 Å². The van der Waals surface area contributed by atoms with E-state index in [1.54, 1.807) is 6.26 Å². The average Bonchev–Trinajstić information content (AvgIpc) is 2.88. The average molecular weight is 245 g/mol. The summed E-state index contributed by atoms with van der Waals surface area (Å²) < 4.78 is 5.42. The number of halogens is 1. The SMILES string of the molecule is CC(c1ccco1)N(C)CC1CCNC1.Cl. The van der Waals surface area contributed by atoms with E-state index in [1.807, 2.05) is 12.1 Å². The number of rotatable bonds is 4. The minimum atomic E-state index is 0. The van der Waals surface area contributed by atoms with Crippen LogP contribution in [0.2, 0.25) is 0 Å². The molecule has 92 valence electrons. The minimum absolute atomic E-state index is 0. The van der Waals surface area contributed by atoms with Crippen LogP contribution in [0.5, 0.6) is 0 Å². The van der Waals surface area contributed by atoms with Crippen molar-refractivity contribution in [2.45, 2.75) is 19.4 Å². The van der Waals surface area contributed by atoms with Crippen molar-refractivity contribution in [3.63, 3.8) is 0 Å². The molecule has 2 rings (SSSR count). The van der Waals surface area contributed by atoms with Crippen LogP contribution in [-0.2, 0) is 0 Å². The molecule has 1 N–H and O–H groups in total. The second-order valence-electron chi connectivity index (χ2n) is 4.49. The molecule has 0 radical (unpaired) electrons. The molecule has 2 unspecified atom stereocenters. The van der Waals surface area contributed by atoms with Crippen molar-refractivity contribution in [2.75, 3.05) is 26.7 Å². The molecule has 2 atom stereocenters. The van der Waals surface area contributed by atoms with Gasteiger partial charge in [0.1, 0.15) is 5.76 Å². The maximum atomic E-state index is 5.42. The summed E-state index contributed by atoms with van der Waals surface area (Å²) in [5.74, 6) is 1.86. The molecule has 16 heavy (non-hydrogen) atoms. The Balaban J connectivity index is 0.00000128. The number of furan rings is 1. The van der Waals surface area contributed by atoms with Gasteiger partial charge in [0.25, 0.3) is 0 Å². The molecule has 2 heterocycles. The molecule has 1 aromatic rings. The molecule has 4 heteroatoms. The standard InChI is InChI=1S/C12H20N2O.ClH/c1-10(12-4-3-7-15-12)14(2)9-11-5-6-13-8-11;/h3-4,7,10-11,13H,5-6,8-9H2,1-2H3;1H. The van der Waals surface area contributed by atoms with Crippen molar-refractivity contribution in [1.29, 1.82) is 0 Å². The van der Waals surface area contributed by atoms with E-state index in [2.05, 4.69) is 24.2 Å². The van der Waals surface area contributed by atoms with Crippen LogP contribution in [0.15, 0.2) is 22.8 Å². The van der Waals surface area contributed by atoms with Gasteiger partial charge in [0.15, 0.2) is 0 Å². The lowest BCUT2D eigenvalue weighted by Crippen LogP contribution is -2.29. The highest BCUT2D eigenvalue weighted by Crippen LogP contribution is 2.21. The van der Waals surface area contributed by atoms with Crippen LogP contribution in [0.25, 0.3) is 0 Å². The molecule has 1 fully saturated rings. The van der Waals surface area contributed by atoms with E-state index in [4.69, 9.17) is 4.42 Å². The van der Waals surface area contributed by atoms with Gasteiger partial charge in [-0.05, 0) is 51.5 Å². The van der Waals surface area contributed by atoms with Crippen molar-refractivity contribution in [3.05, 3.63) is 24.2 Å². The first-order valence-electron chi connectivity index (χ1n) is 5.71. The second kappa shape index (κ2) is 6.28. The first kappa shape index (κ1) is 13.6. The smallest absolute Gasteiger partial charge is 0.120 e. The van der Waals surface area contributed by atoms with E-state index in [0.717, 1.165) is 24.8 Å². The number of hydrogen-bond acceptors (Lipinski definition) is 3. The lowest BCUT2D eigenvalue weighted by molar-refractivity contribution is 0.203. The van der Waals surface area contributed by atoms with Gasteiger partial charge in [0, 0.05) is 6.54 Å². The van der Waals surface area contributed by atoms with E-state index < -0.39 is 0 Å². The Bertz CT molecular complexity index is 283. The third kappa shape index (κ3) is 3.24. The molecule has 0 bridgehead atoms. The van der Waals surface area contributed by atoms with Crippen LogP contribution in [0, 0.1) is 5.92 Å². The van der Waals surface area contributed by atoms with Crippen molar-refractivity contribution in [3.8, 4) is 0 Å². The van der Waals surface area contributed by atoms with Crippen molar-refractivity contribution in [2.24, 2.45) is 5.92 Å². The third-order valence-electron chi connectivity index (χ3n) is 3.32. The van der Waals surface area contributed by atoms with Crippen LogP contribution in [-0.4, -0.2) is 31.6 Å². The van der Waals surface area contributed by atoms with E-state index in [9.17, 15) is 0 Å². The van der Waals surface area contributed by atoms with Gasteiger partial charge >= 0.3 is 0 Å². The Morgan fingerprint density at radius 3 is 3.00 bits per heavy atom. The molecular formula is C12H21ClN2O. The number of hydrogen-bond donors (Lipinski definition) is 1. The Hall–Kier alpha value is -0.510. The van der Waals surface area contributed by atoms with Gasteiger partial charge in [-0.1, -0.05) is 0 Å². The van der Waals surface area contributed by atoms with Gasteiger partial charge in [-0.25, -0.2) is 0 Å². The first-order valence-corrected chi connectivity index (χ1v) is 5.71. The van der Waals surface area contributed by atoms with Gasteiger partial charge in [-0.15, -0.1) is 12.4 Å². The second-order valence-corrected chi connectivity index (χ2v) is 4.49. The van der Waals surface area contributed by atoms with Gasteiger partial charge in [-0.2, -0.15) is 0 Å². The maximum Gasteiger partial charge on any atom is 0.120 e. The quantitative estimate of drug-likeness (QED) is 0.881. The zero-order chi connectivity index (χ0) is 10.7. The first-order chi connectivity index (χ1) is 7.27. The van der Waals surface area contributed by atoms with E-state index >= 15 is 0 Å². The molecule has 1 aromatic heterocycles. The van der Waals surface area contributed by atoms with Crippen LogP contribution in [0.1, 0.15) is 25.1 Å². The zero-order valence-electron chi connectivity index (χ0n) is 9.98. The Morgan fingerprint density at radius 1 is 1.62 bits per heavy atom. The number of nitrogens with zero attached hydrogens (tertiary/aromatic N) is 1. The summed E-state index contributed by atoms with van der Waals surface area (Å²) in [6, 6.07) is 4.38. The largest absolute Gasteiger partial charge is 0.468 e. The molecule has 0 spiro atoms. The molecule has 1 saturated heterocycles. The third-order valence-corrected chi connectivity index (χ3v) is 3.32. The molecule has 3 nitrogen and oxygen atoms in total. The fraction of sp³-hybridized carbons (Fsp3) is 0.667. The summed E-state index contributed by atoms with van der Waals surface area (Å²) in [6.45, 7) is 5.68. The Morgan fingerprint density at radius 2 is 2.44 bits per heavy atom. The van der Waals surface area contributed by atoms with Crippen LogP contribution in [0.3, 0.4) is 0 Å². The fourth-order valence-corrected chi connectivity index (χ4v) is 2.18. The summed E-state index contributed by atoms with van der Waals surface area (Å²) in [6.07, 6.45) is 3.05. The van der Waals surface area contributed by atoms with Crippen molar-refractivity contribution >= 4 is 12.4 Å².